The number of pyridine rings is 1. The van der Waals surface area contributed by atoms with E-state index in [1.54, 1.807) is 12.1 Å². The van der Waals surface area contributed by atoms with Crippen LogP contribution in [0.4, 0.5) is 0 Å². The maximum absolute atomic E-state index is 11.5. The zero-order valence-electron chi connectivity index (χ0n) is 8.48. The second kappa shape index (κ2) is 5.76. The van der Waals surface area contributed by atoms with Crippen LogP contribution in [0.15, 0.2) is 24.5 Å². The van der Waals surface area contributed by atoms with Crippen molar-refractivity contribution >= 4 is 29.1 Å². The Labute approximate surface area is 97.4 Å². The Bertz CT molecular complexity index is 407. The fourth-order valence-corrected chi connectivity index (χ4v) is 1.07. The molecule has 1 rings (SSSR count). The number of hydrazine groups is 1. The summed E-state index contributed by atoms with van der Waals surface area (Å²) in [6.07, 6.45) is 3.00. The first-order valence-electron chi connectivity index (χ1n) is 4.37. The molecule has 0 atom stereocenters. The summed E-state index contributed by atoms with van der Waals surface area (Å²) in [5, 5.41) is 2.34. The van der Waals surface area contributed by atoms with E-state index in [-0.39, 0.29) is 16.9 Å². The van der Waals surface area contributed by atoms with Crippen LogP contribution in [0.3, 0.4) is 0 Å². The summed E-state index contributed by atoms with van der Waals surface area (Å²) >= 11 is 4.73. The minimum absolute atomic E-state index is 0.0370. The van der Waals surface area contributed by atoms with Gasteiger partial charge in [0.1, 0.15) is 0 Å². The fraction of sp³-hybridized carbons (Fsp3) is 0.111. The predicted molar refractivity (Wildman–Crippen MR) is 61.3 cm³/mol. The van der Waals surface area contributed by atoms with E-state index in [1.807, 2.05) is 0 Å². The number of nitrogens with zero attached hydrogens (tertiary/aromatic N) is 1. The van der Waals surface area contributed by atoms with Gasteiger partial charge in [-0.25, -0.2) is 0 Å². The van der Waals surface area contributed by atoms with Crippen LogP contribution in [-0.4, -0.2) is 21.9 Å². The van der Waals surface area contributed by atoms with E-state index >= 15 is 0 Å². The summed E-state index contributed by atoms with van der Waals surface area (Å²) < 4.78 is 0. The average Bonchev–Trinajstić information content (AvgIpc) is 2.26. The van der Waals surface area contributed by atoms with Crippen LogP contribution in [0.1, 0.15) is 17.3 Å². The van der Waals surface area contributed by atoms with Gasteiger partial charge in [-0.15, -0.1) is 0 Å². The van der Waals surface area contributed by atoms with Crippen molar-refractivity contribution in [2.75, 3.05) is 0 Å². The third-order valence-electron chi connectivity index (χ3n) is 1.52. The lowest BCUT2D eigenvalue weighted by molar-refractivity contribution is -0.117. The van der Waals surface area contributed by atoms with Crippen LogP contribution in [0.25, 0.3) is 0 Å². The lowest BCUT2D eigenvalue weighted by atomic mass is 10.3. The molecule has 1 heterocycles. The molecule has 7 heteroatoms. The van der Waals surface area contributed by atoms with Gasteiger partial charge in [0.05, 0.1) is 0 Å². The van der Waals surface area contributed by atoms with E-state index in [0.29, 0.717) is 5.56 Å². The molecule has 0 aliphatic rings. The summed E-state index contributed by atoms with van der Waals surface area (Å²) in [6, 6.07) is 3.11. The van der Waals surface area contributed by atoms with Crippen LogP contribution in [-0.2, 0) is 4.79 Å². The molecule has 0 aliphatic heterocycles. The topological polar surface area (TPSA) is 83.1 Å². The second-order valence-corrected chi connectivity index (χ2v) is 3.23. The summed E-state index contributed by atoms with van der Waals surface area (Å²) in [4.78, 5) is 25.8. The molecule has 0 aromatic carbocycles. The van der Waals surface area contributed by atoms with Crippen molar-refractivity contribution in [2.45, 2.75) is 6.92 Å². The van der Waals surface area contributed by atoms with Gasteiger partial charge in [-0.1, -0.05) is 0 Å². The molecule has 0 bridgehead atoms. The molecule has 0 spiro atoms. The van der Waals surface area contributed by atoms with Gasteiger partial charge in [0, 0.05) is 24.9 Å². The molecule has 2 amide bonds. The maximum Gasteiger partial charge on any atom is 0.269 e. The maximum atomic E-state index is 11.5. The molecule has 3 N–H and O–H groups in total. The minimum Gasteiger partial charge on any atom is -0.302 e. The molecule has 1 aromatic rings. The first-order valence-corrected chi connectivity index (χ1v) is 4.78. The second-order valence-electron chi connectivity index (χ2n) is 2.83. The molecule has 1 aromatic heterocycles. The Morgan fingerprint density at radius 3 is 2.44 bits per heavy atom. The number of amides is 2. The van der Waals surface area contributed by atoms with Gasteiger partial charge in [-0.05, 0) is 24.4 Å². The molecule has 0 saturated carbocycles. The highest BCUT2D eigenvalue weighted by atomic mass is 32.1. The van der Waals surface area contributed by atoms with Gasteiger partial charge >= 0.3 is 0 Å². The van der Waals surface area contributed by atoms with Gasteiger partial charge in [0.25, 0.3) is 5.91 Å². The van der Waals surface area contributed by atoms with E-state index in [9.17, 15) is 9.59 Å². The van der Waals surface area contributed by atoms with Gasteiger partial charge < -0.3 is 5.32 Å². The van der Waals surface area contributed by atoms with Gasteiger partial charge in [0.2, 0.25) is 5.91 Å². The highest BCUT2D eigenvalue weighted by Gasteiger charge is 2.04. The molecule has 0 unspecified atom stereocenters. The fourth-order valence-electron chi connectivity index (χ4n) is 0.880. The Hall–Kier alpha value is -2.02. The normalized spacial score (nSPS) is 9.06. The standard InChI is InChI=1S/C9H10N4O2S/c1-6(14)11-9(16)13-12-8(15)7-2-4-10-5-3-7/h2-5H,1H3,(H,12,15)(H2,11,13,14,16). The van der Waals surface area contributed by atoms with E-state index in [1.165, 1.54) is 19.3 Å². The molecule has 0 aliphatic carbocycles. The molecule has 0 fully saturated rings. The van der Waals surface area contributed by atoms with Crippen molar-refractivity contribution < 1.29 is 9.59 Å². The van der Waals surface area contributed by atoms with Crippen LogP contribution in [0, 0.1) is 0 Å². The lowest BCUT2D eigenvalue weighted by Crippen LogP contribution is -2.47. The number of rotatable bonds is 1. The first-order chi connectivity index (χ1) is 7.59. The van der Waals surface area contributed by atoms with E-state index in [0.717, 1.165) is 0 Å². The Morgan fingerprint density at radius 1 is 1.25 bits per heavy atom. The largest absolute Gasteiger partial charge is 0.302 e. The van der Waals surface area contributed by atoms with Crippen LogP contribution < -0.4 is 16.2 Å². The number of hydrogen-bond acceptors (Lipinski definition) is 4. The number of aromatic nitrogens is 1. The quantitative estimate of drug-likeness (QED) is 0.463. The highest BCUT2D eigenvalue weighted by molar-refractivity contribution is 7.80. The van der Waals surface area contributed by atoms with E-state index < -0.39 is 0 Å². The van der Waals surface area contributed by atoms with Crippen molar-refractivity contribution in [2.24, 2.45) is 0 Å². The summed E-state index contributed by atoms with van der Waals surface area (Å²) in [5.74, 6) is -0.675. The summed E-state index contributed by atoms with van der Waals surface area (Å²) in [5.41, 5.74) is 5.16. The number of hydrogen-bond donors (Lipinski definition) is 3. The number of nitrogens with one attached hydrogen (secondary N) is 3. The van der Waals surface area contributed by atoms with Crippen LogP contribution in [0.5, 0.6) is 0 Å². The third-order valence-corrected chi connectivity index (χ3v) is 1.73. The monoisotopic (exact) mass is 238 g/mol. The van der Waals surface area contributed by atoms with Crippen molar-refractivity contribution in [1.82, 2.24) is 21.2 Å². The van der Waals surface area contributed by atoms with Crippen molar-refractivity contribution in [3.8, 4) is 0 Å². The number of thiocarbonyl (C=S) groups is 1. The Morgan fingerprint density at radius 2 is 1.88 bits per heavy atom. The van der Waals surface area contributed by atoms with Crippen LogP contribution >= 0.6 is 12.2 Å². The Balaban J connectivity index is 2.42. The molecule has 0 radical (unpaired) electrons. The van der Waals surface area contributed by atoms with Gasteiger partial charge in [-0.3, -0.25) is 25.4 Å². The minimum atomic E-state index is -0.366. The molecule has 6 nitrogen and oxygen atoms in total. The summed E-state index contributed by atoms with van der Waals surface area (Å²) in [7, 11) is 0. The molecule has 84 valence electrons. The van der Waals surface area contributed by atoms with Gasteiger partial charge in [0.15, 0.2) is 5.11 Å². The molecular formula is C9H10N4O2S. The molecule has 16 heavy (non-hydrogen) atoms. The van der Waals surface area contributed by atoms with Crippen molar-refractivity contribution in [1.29, 1.82) is 0 Å². The van der Waals surface area contributed by atoms with Gasteiger partial charge in [-0.2, -0.15) is 0 Å². The van der Waals surface area contributed by atoms with Crippen LogP contribution in [0.2, 0.25) is 0 Å². The van der Waals surface area contributed by atoms with E-state index in [2.05, 4.69) is 21.2 Å². The summed E-state index contributed by atoms with van der Waals surface area (Å²) in [6.45, 7) is 1.32. The zero-order valence-corrected chi connectivity index (χ0v) is 9.30. The zero-order chi connectivity index (χ0) is 12.0. The lowest BCUT2D eigenvalue weighted by Gasteiger charge is -2.09. The molecular weight excluding hydrogens is 228 g/mol. The first kappa shape index (κ1) is 12.1. The van der Waals surface area contributed by atoms with Crippen molar-refractivity contribution in [3.05, 3.63) is 30.1 Å². The van der Waals surface area contributed by atoms with E-state index in [4.69, 9.17) is 12.2 Å². The number of carbonyl (C=O) groups excluding carboxylic acids is 2. The van der Waals surface area contributed by atoms with Crippen molar-refractivity contribution in [3.63, 3.8) is 0 Å². The Kier molecular flexibility index (Phi) is 4.34. The predicted octanol–water partition coefficient (Wildman–Crippen LogP) is -0.263. The molecule has 0 saturated heterocycles. The SMILES string of the molecule is CC(=O)NC(=S)NNC(=O)c1ccncc1. The third kappa shape index (κ3) is 4.01. The smallest absolute Gasteiger partial charge is 0.269 e. The number of carbonyl (C=O) groups is 2. The average molecular weight is 238 g/mol. The highest BCUT2D eigenvalue weighted by Crippen LogP contribution is 1.94.